The second-order valence-electron chi connectivity index (χ2n) is 3.51. The molecule has 0 heterocycles. The normalized spacial score (nSPS) is 12.5. The standard InChI is InChI=1S/C12H19NOS/c1-4-8-15-11-7-5-6-10(14-3)12(11)9(2)13/h5-7,9H,4,8,13H2,1-3H3. The molecule has 84 valence electrons. The molecule has 2 nitrogen and oxygen atoms in total. The minimum atomic E-state index is 0.0144. The van der Waals surface area contributed by atoms with Gasteiger partial charge in [-0.25, -0.2) is 0 Å². The molecule has 0 bridgehead atoms. The fourth-order valence-corrected chi connectivity index (χ4v) is 2.53. The predicted octanol–water partition coefficient (Wildman–Crippen LogP) is 3.22. The number of hydrogen-bond acceptors (Lipinski definition) is 3. The minimum absolute atomic E-state index is 0.0144. The zero-order valence-electron chi connectivity index (χ0n) is 9.62. The summed E-state index contributed by atoms with van der Waals surface area (Å²) in [6.07, 6.45) is 1.17. The van der Waals surface area contributed by atoms with Gasteiger partial charge in [0, 0.05) is 16.5 Å². The summed E-state index contributed by atoms with van der Waals surface area (Å²) in [5.41, 5.74) is 7.09. The highest BCUT2D eigenvalue weighted by Crippen LogP contribution is 2.33. The summed E-state index contributed by atoms with van der Waals surface area (Å²) in [5, 5.41) is 0. The van der Waals surface area contributed by atoms with Gasteiger partial charge in [-0.2, -0.15) is 0 Å². The molecule has 0 amide bonds. The highest BCUT2D eigenvalue weighted by atomic mass is 32.2. The van der Waals surface area contributed by atoms with Crippen molar-refractivity contribution in [1.82, 2.24) is 0 Å². The Bertz CT molecular complexity index is 312. The Hall–Kier alpha value is -0.670. The first kappa shape index (κ1) is 12.4. The first-order valence-electron chi connectivity index (χ1n) is 5.26. The fraction of sp³-hybridized carbons (Fsp3) is 0.500. The number of rotatable bonds is 5. The minimum Gasteiger partial charge on any atom is -0.496 e. The Morgan fingerprint density at radius 2 is 2.20 bits per heavy atom. The first-order chi connectivity index (χ1) is 7.20. The van der Waals surface area contributed by atoms with E-state index >= 15 is 0 Å². The lowest BCUT2D eigenvalue weighted by atomic mass is 10.1. The maximum atomic E-state index is 5.97. The van der Waals surface area contributed by atoms with Crippen molar-refractivity contribution in [1.29, 1.82) is 0 Å². The zero-order valence-corrected chi connectivity index (χ0v) is 10.4. The van der Waals surface area contributed by atoms with Crippen molar-refractivity contribution in [2.45, 2.75) is 31.2 Å². The lowest BCUT2D eigenvalue weighted by Gasteiger charge is -2.16. The van der Waals surface area contributed by atoms with Gasteiger partial charge in [0.15, 0.2) is 0 Å². The summed E-state index contributed by atoms with van der Waals surface area (Å²) in [6.45, 7) is 4.17. The van der Waals surface area contributed by atoms with Crippen LogP contribution in [0, 0.1) is 0 Å². The van der Waals surface area contributed by atoms with Crippen molar-refractivity contribution in [2.75, 3.05) is 12.9 Å². The van der Waals surface area contributed by atoms with Crippen molar-refractivity contribution in [3.05, 3.63) is 23.8 Å². The fourth-order valence-electron chi connectivity index (χ4n) is 1.49. The van der Waals surface area contributed by atoms with E-state index in [0.717, 1.165) is 17.1 Å². The van der Waals surface area contributed by atoms with E-state index in [1.54, 1.807) is 7.11 Å². The molecule has 0 spiro atoms. The number of thioether (sulfide) groups is 1. The molecule has 0 aromatic heterocycles. The Balaban J connectivity index is 3.02. The number of hydrogen-bond donors (Lipinski definition) is 1. The van der Waals surface area contributed by atoms with Gasteiger partial charge in [-0.15, -0.1) is 11.8 Å². The molecule has 0 aliphatic carbocycles. The number of methoxy groups -OCH3 is 1. The molecule has 0 aliphatic rings. The molecule has 1 unspecified atom stereocenters. The van der Waals surface area contributed by atoms with Crippen molar-refractivity contribution < 1.29 is 4.74 Å². The van der Waals surface area contributed by atoms with E-state index in [2.05, 4.69) is 13.0 Å². The van der Waals surface area contributed by atoms with Gasteiger partial charge in [0.1, 0.15) is 5.75 Å². The van der Waals surface area contributed by atoms with Crippen LogP contribution in [0.3, 0.4) is 0 Å². The molecule has 15 heavy (non-hydrogen) atoms. The summed E-state index contributed by atoms with van der Waals surface area (Å²) in [4.78, 5) is 1.24. The third-order valence-corrected chi connectivity index (χ3v) is 3.44. The average Bonchev–Trinajstić information content (AvgIpc) is 2.25. The van der Waals surface area contributed by atoms with Gasteiger partial charge < -0.3 is 10.5 Å². The Morgan fingerprint density at radius 1 is 1.47 bits per heavy atom. The maximum absolute atomic E-state index is 5.97. The molecule has 1 atom stereocenters. The third kappa shape index (κ3) is 3.14. The van der Waals surface area contributed by atoms with Gasteiger partial charge in [0.2, 0.25) is 0 Å². The summed E-state index contributed by atoms with van der Waals surface area (Å²) in [7, 11) is 1.69. The van der Waals surface area contributed by atoms with Crippen LogP contribution in [0.5, 0.6) is 5.75 Å². The second kappa shape index (κ2) is 6.03. The number of benzene rings is 1. The van der Waals surface area contributed by atoms with Gasteiger partial charge in [0.05, 0.1) is 7.11 Å². The SMILES string of the molecule is CCCSc1cccc(OC)c1C(C)N. The van der Waals surface area contributed by atoms with Gasteiger partial charge >= 0.3 is 0 Å². The van der Waals surface area contributed by atoms with Gasteiger partial charge in [-0.3, -0.25) is 0 Å². The van der Waals surface area contributed by atoms with Crippen LogP contribution in [-0.4, -0.2) is 12.9 Å². The molecule has 3 heteroatoms. The van der Waals surface area contributed by atoms with Crippen molar-refractivity contribution >= 4 is 11.8 Å². The second-order valence-corrected chi connectivity index (χ2v) is 4.65. The molecular formula is C12H19NOS. The monoisotopic (exact) mass is 225 g/mol. The highest BCUT2D eigenvalue weighted by molar-refractivity contribution is 7.99. The maximum Gasteiger partial charge on any atom is 0.124 e. The van der Waals surface area contributed by atoms with E-state index in [-0.39, 0.29) is 6.04 Å². The summed E-state index contributed by atoms with van der Waals surface area (Å²) in [5.74, 6) is 2.01. The number of ether oxygens (including phenoxy) is 1. The van der Waals surface area contributed by atoms with Crippen LogP contribution < -0.4 is 10.5 Å². The third-order valence-electron chi connectivity index (χ3n) is 2.16. The van der Waals surface area contributed by atoms with E-state index in [4.69, 9.17) is 10.5 Å². The van der Waals surface area contributed by atoms with Gasteiger partial charge in [-0.05, 0) is 31.2 Å². The van der Waals surface area contributed by atoms with E-state index in [0.29, 0.717) is 0 Å². The molecule has 0 saturated carbocycles. The van der Waals surface area contributed by atoms with Gasteiger partial charge in [-0.1, -0.05) is 13.0 Å². The lowest BCUT2D eigenvalue weighted by molar-refractivity contribution is 0.405. The Kier molecular flexibility index (Phi) is 4.99. The van der Waals surface area contributed by atoms with E-state index in [1.807, 2.05) is 30.8 Å². The van der Waals surface area contributed by atoms with Crippen LogP contribution in [0.15, 0.2) is 23.1 Å². The summed E-state index contributed by atoms with van der Waals surface area (Å²) in [6, 6.07) is 6.11. The van der Waals surface area contributed by atoms with Crippen LogP contribution in [0.2, 0.25) is 0 Å². The van der Waals surface area contributed by atoms with Crippen LogP contribution in [0.1, 0.15) is 31.9 Å². The Labute approximate surface area is 96.2 Å². The molecule has 0 radical (unpaired) electrons. The summed E-state index contributed by atoms with van der Waals surface area (Å²) >= 11 is 1.84. The molecule has 0 fully saturated rings. The van der Waals surface area contributed by atoms with Crippen LogP contribution >= 0.6 is 11.8 Å². The largest absolute Gasteiger partial charge is 0.496 e. The van der Waals surface area contributed by atoms with E-state index < -0.39 is 0 Å². The van der Waals surface area contributed by atoms with Crippen molar-refractivity contribution in [3.63, 3.8) is 0 Å². The predicted molar refractivity (Wildman–Crippen MR) is 66.6 cm³/mol. The first-order valence-corrected chi connectivity index (χ1v) is 6.24. The molecule has 0 aliphatic heterocycles. The average molecular weight is 225 g/mol. The number of nitrogens with two attached hydrogens (primary N) is 1. The molecule has 0 saturated heterocycles. The molecule has 1 aromatic carbocycles. The van der Waals surface area contributed by atoms with E-state index in [1.165, 1.54) is 11.3 Å². The van der Waals surface area contributed by atoms with Crippen molar-refractivity contribution in [2.24, 2.45) is 5.73 Å². The molecule has 1 aromatic rings. The molecular weight excluding hydrogens is 206 g/mol. The van der Waals surface area contributed by atoms with Crippen LogP contribution in [0.25, 0.3) is 0 Å². The lowest BCUT2D eigenvalue weighted by Crippen LogP contribution is -2.08. The zero-order chi connectivity index (χ0) is 11.3. The quantitative estimate of drug-likeness (QED) is 0.781. The Morgan fingerprint density at radius 3 is 2.73 bits per heavy atom. The van der Waals surface area contributed by atoms with Gasteiger partial charge in [0.25, 0.3) is 0 Å². The smallest absolute Gasteiger partial charge is 0.124 e. The molecule has 1 rings (SSSR count). The van der Waals surface area contributed by atoms with Crippen LogP contribution in [0.4, 0.5) is 0 Å². The molecule has 2 N–H and O–H groups in total. The highest BCUT2D eigenvalue weighted by Gasteiger charge is 2.12. The summed E-state index contributed by atoms with van der Waals surface area (Å²) < 4.78 is 5.33. The van der Waals surface area contributed by atoms with E-state index in [9.17, 15) is 0 Å². The van der Waals surface area contributed by atoms with Crippen molar-refractivity contribution in [3.8, 4) is 5.75 Å². The van der Waals surface area contributed by atoms with Crippen LogP contribution in [-0.2, 0) is 0 Å². The topological polar surface area (TPSA) is 35.2 Å².